The van der Waals surface area contributed by atoms with Gasteiger partial charge in [-0.2, -0.15) is 0 Å². The van der Waals surface area contributed by atoms with E-state index in [-0.39, 0.29) is 11.8 Å². The van der Waals surface area contributed by atoms with Gasteiger partial charge in [-0.15, -0.1) is 0 Å². The van der Waals surface area contributed by atoms with Crippen LogP contribution in [0.25, 0.3) is 5.70 Å². The molecule has 74 valence electrons. The normalized spacial score (nSPS) is 11.1. The van der Waals surface area contributed by atoms with E-state index in [1.807, 2.05) is 0 Å². The van der Waals surface area contributed by atoms with Gasteiger partial charge in [0.05, 0.1) is 5.70 Å². The van der Waals surface area contributed by atoms with Crippen molar-refractivity contribution in [3.63, 3.8) is 0 Å². The van der Waals surface area contributed by atoms with Crippen LogP contribution in [0.5, 0.6) is 0 Å². The topological polar surface area (TPSA) is 90.4 Å². The van der Waals surface area contributed by atoms with E-state index < -0.39 is 0 Å². The Hall–Kier alpha value is -2.04. The lowest BCUT2D eigenvalue weighted by Crippen LogP contribution is -2.22. The smallest absolute Gasteiger partial charge is 0.191 e. The van der Waals surface area contributed by atoms with E-state index in [4.69, 9.17) is 17.2 Å². The Kier molecular flexibility index (Phi) is 3.06. The molecule has 0 heterocycles. The molecule has 0 spiro atoms. The molecule has 0 aliphatic rings. The first-order valence-electron chi connectivity index (χ1n) is 3.91. The Morgan fingerprint density at radius 3 is 2.21 bits per heavy atom. The maximum atomic E-state index is 12.6. The Morgan fingerprint density at radius 2 is 1.79 bits per heavy atom. The predicted octanol–water partition coefficient (Wildman–Crippen LogP) is 0.356. The number of hydrogen-bond acceptors (Lipinski definition) is 2. The molecule has 1 aromatic rings. The fourth-order valence-electron chi connectivity index (χ4n) is 0.958. The lowest BCUT2D eigenvalue weighted by molar-refractivity contribution is 0.627. The van der Waals surface area contributed by atoms with E-state index in [2.05, 4.69) is 4.99 Å². The molecule has 0 saturated carbocycles. The average molecular weight is 194 g/mol. The fourth-order valence-corrected chi connectivity index (χ4v) is 0.958. The van der Waals surface area contributed by atoms with Crippen molar-refractivity contribution in [2.24, 2.45) is 22.2 Å². The SMILES string of the molecule is N/C=C(\N=C(N)N)c1ccc(F)cc1. The van der Waals surface area contributed by atoms with Crippen LogP contribution in [0.15, 0.2) is 35.5 Å². The standard InChI is InChI=1S/C9H11FN4/c10-7-3-1-6(2-4-7)8(5-11)14-9(12)13/h1-5H,11H2,(H4,12,13,14)/b8-5-. The van der Waals surface area contributed by atoms with Crippen molar-refractivity contribution < 1.29 is 4.39 Å². The molecular formula is C9H11FN4. The van der Waals surface area contributed by atoms with Crippen LogP contribution in [0.3, 0.4) is 0 Å². The minimum Gasteiger partial charge on any atom is -0.403 e. The third-order valence-corrected chi connectivity index (χ3v) is 1.55. The van der Waals surface area contributed by atoms with Crippen LogP contribution in [0.2, 0.25) is 0 Å². The Balaban J connectivity index is 3.03. The van der Waals surface area contributed by atoms with Gasteiger partial charge in [0.25, 0.3) is 0 Å². The van der Waals surface area contributed by atoms with Crippen molar-refractivity contribution in [1.82, 2.24) is 0 Å². The first kappa shape index (κ1) is 10.0. The highest BCUT2D eigenvalue weighted by molar-refractivity contribution is 5.83. The highest BCUT2D eigenvalue weighted by Gasteiger charge is 1.99. The third-order valence-electron chi connectivity index (χ3n) is 1.55. The first-order valence-corrected chi connectivity index (χ1v) is 3.91. The van der Waals surface area contributed by atoms with E-state index in [1.54, 1.807) is 12.1 Å². The summed E-state index contributed by atoms with van der Waals surface area (Å²) in [5, 5.41) is 0. The van der Waals surface area contributed by atoms with Crippen molar-refractivity contribution in [2.75, 3.05) is 0 Å². The molecule has 0 aliphatic carbocycles. The Morgan fingerprint density at radius 1 is 1.21 bits per heavy atom. The zero-order valence-electron chi connectivity index (χ0n) is 7.44. The van der Waals surface area contributed by atoms with E-state index in [0.717, 1.165) is 0 Å². The molecule has 0 saturated heterocycles. The lowest BCUT2D eigenvalue weighted by Gasteiger charge is -2.01. The van der Waals surface area contributed by atoms with Gasteiger partial charge in [0.2, 0.25) is 0 Å². The number of nitrogens with zero attached hydrogens (tertiary/aromatic N) is 1. The molecule has 0 amide bonds. The van der Waals surface area contributed by atoms with Gasteiger partial charge in [-0.3, -0.25) is 0 Å². The van der Waals surface area contributed by atoms with E-state index in [9.17, 15) is 4.39 Å². The summed E-state index contributed by atoms with van der Waals surface area (Å²) in [7, 11) is 0. The largest absolute Gasteiger partial charge is 0.403 e. The number of aliphatic imine (C=N–C) groups is 1. The Labute approximate surface area is 80.9 Å². The summed E-state index contributed by atoms with van der Waals surface area (Å²) in [6, 6.07) is 5.70. The molecule has 1 aromatic carbocycles. The van der Waals surface area contributed by atoms with E-state index >= 15 is 0 Å². The maximum Gasteiger partial charge on any atom is 0.191 e. The number of halogens is 1. The second kappa shape index (κ2) is 4.27. The van der Waals surface area contributed by atoms with Crippen LogP contribution in [0.1, 0.15) is 5.56 Å². The Bertz CT molecular complexity index is 363. The minimum absolute atomic E-state index is 0.0916. The van der Waals surface area contributed by atoms with Crippen LogP contribution < -0.4 is 17.2 Å². The minimum atomic E-state index is -0.324. The number of nitrogens with two attached hydrogens (primary N) is 3. The van der Waals surface area contributed by atoms with Crippen molar-refractivity contribution in [3.8, 4) is 0 Å². The van der Waals surface area contributed by atoms with Gasteiger partial charge in [0.1, 0.15) is 5.82 Å². The average Bonchev–Trinajstić information content (AvgIpc) is 2.15. The molecule has 0 aliphatic heterocycles. The summed E-state index contributed by atoms with van der Waals surface area (Å²) in [4.78, 5) is 3.78. The van der Waals surface area contributed by atoms with Crippen molar-refractivity contribution in [2.45, 2.75) is 0 Å². The summed E-state index contributed by atoms with van der Waals surface area (Å²) in [5.74, 6) is -0.416. The molecule has 0 atom stereocenters. The zero-order chi connectivity index (χ0) is 10.6. The first-order chi connectivity index (χ1) is 6.63. The van der Waals surface area contributed by atoms with Gasteiger partial charge in [-0.25, -0.2) is 9.38 Å². The van der Waals surface area contributed by atoms with Gasteiger partial charge in [0.15, 0.2) is 5.96 Å². The van der Waals surface area contributed by atoms with Gasteiger partial charge in [-0.05, 0) is 24.3 Å². The monoisotopic (exact) mass is 194 g/mol. The zero-order valence-corrected chi connectivity index (χ0v) is 7.44. The highest BCUT2D eigenvalue weighted by Crippen LogP contribution is 2.14. The number of guanidine groups is 1. The number of hydrogen-bond donors (Lipinski definition) is 3. The van der Waals surface area contributed by atoms with Crippen LogP contribution in [0, 0.1) is 5.82 Å². The van der Waals surface area contributed by atoms with Crippen LogP contribution in [0.4, 0.5) is 4.39 Å². The fraction of sp³-hybridized carbons (Fsp3) is 0. The molecule has 5 heteroatoms. The molecule has 0 radical (unpaired) electrons. The van der Waals surface area contributed by atoms with Gasteiger partial charge < -0.3 is 17.2 Å². The van der Waals surface area contributed by atoms with Crippen LogP contribution in [-0.4, -0.2) is 5.96 Å². The highest BCUT2D eigenvalue weighted by atomic mass is 19.1. The summed E-state index contributed by atoms with van der Waals surface area (Å²) >= 11 is 0. The van der Waals surface area contributed by atoms with Crippen molar-refractivity contribution in [1.29, 1.82) is 0 Å². The summed E-state index contributed by atoms with van der Waals surface area (Å²) in [6.45, 7) is 0. The van der Waals surface area contributed by atoms with E-state index in [0.29, 0.717) is 11.3 Å². The third kappa shape index (κ3) is 2.48. The molecule has 0 unspecified atom stereocenters. The number of rotatable bonds is 2. The van der Waals surface area contributed by atoms with Crippen LogP contribution >= 0.6 is 0 Å². The van der Waals surface area contributed by atoms with E-state index in [1.165, 1.54) is 18.3 Å². The molecular weight excluding hydrogens is 183 g/mol. The van der Waals surface area contributed by atoms with Crippen molar-refractivity contribution >= 4 is 11.7 Å². The molecule has 6 N–H and O–H groups in total. The van der Waals surface area contributed by atoms with Crippen LogP contribution in [-0.2, 0) is 0 Å². The molecule has 14 heavy (non-hydrogen) atoms. The van der Waals surface area contributed by atoms with Gasteiger partial charge >= 0.3 is 0 Å². The number of benzene rings is 1. The summed E-state index contributed by atoms with van der Waals surface area (Å²) < 4.78 is 12.6. The molecule has 0 bridgehead atoms. The quantitative estimate of drug-likeness (QED) is 0.469. The second-order valence-electron chi connectivity index (χ2n) is 2.60. The predicted molar refractivity (Wildman–Crippen MR) is 54.4 cm³/mol. The van der Waals surface area contributed by atoms with Gasteiger partial charge in [0, 0.05) is 11.8 Å². The molecule has 0 fully saturated rings. The molecule has 4 nitrogen and oxygen atoms in total. The summed E-state index contributed by atoms with van der Waals surface area (Å²) in [6.07, 6.45) is 1.26. The maximum absolute atomic E-state index is 12.6. The molecule has 0 aromatic heterocycles. The van der Waals surface area contributed by atoms with Crippen molar-refractivity contribution in [3.05, 3.63) is 41.8 Å². The summed E-state index contributed by atoms with van der Waals surface area (Å²) in [5.41, 5.74) is 16.8. The molecule has 1 rings (SSSR count). The van der Waals surface area contributed by atoms with Gasteiger partial charge in [-0.1, -0.05) is 0 Å². The second-order valence-corrected chi connectivity index (χ2v) is 2.60. The lowest BCUT2D eigenvalue weighted by atomic mass is 10.2.